The molecule has 0 heterocycles. The maximum atomic E-state index is 12.1. The van der Waals surface area contributed by atoms with Gasteiger partial charge in [0.2, 0.25) is 0 Å². The second-order valence-corrected chi connectivity index (χ2v) is 7.30. The average molecular weight is 323 g/mol. The Hall–Kier alpha value is -1.65. The highest BCUT2D eigenvalue weighted by Crippen LogP contribution is 2.18. The first-order chi connectivity index (χ1) is 9.96. The van der Waals surface area contributed by atoms with Crippen molar-refractivity contribution in [2.24, 2.45) is 0 Å². The highest BCUT2D eigenvalue weighted by Gasteiger charge is 2.18. The molecule has 2 rings (SSSR count). The molecule has 110 valence electrons. The van der Waals surface area contributed by atoms with Gasteiger partial charge in [0.25, 0.3) is 0 Å². The van der Waals surface area contributed by atoms with E-state index in [1.807, 2.05) is 18.2 Å². The van der Waals surface area contributed by atoms with Crippen molar-refractivity contribution in [2.75, 3.05) is 5.75 Å². The van der Waals surface area contributed by atoms with Crippen LogP contribution in [0.15, 0.2) is 54.6 Å². The molecule has 0 saturated heterocycles. The molecule has 0 spiro atoms. The van der Waals surface area contributed by atoms with Crippen molar-refractivity contribution in [2.45, 2.75) is 12.2 Å². The van der Waals surface area contributed by atoms with Crippen molar-refractivity contribution in [3.05, 3.63) is 70.7 Å². The zero-order chi connectivity index (χ0) is 15.3. The number of halogens is 1. The molecule has 0 N–H and O–H groups in total. The van der Waals surface area contributed by atoms with E-state index in [-0.39, 0.29) is 18.0 Å². The van der Waals surface area contributed by atoms with Crippen LogP contribution in [-0.2, 0) is 26.8 Å². The molecule has 0 aliphatic carbocycles. The minimum atomic E-state index is -3.51. The predicted octanol–water partition coefficient (Wildman–Crippen LogP) is 3.07. The average Bonchev–Trinajstić information content (AvgIpc) is 2.41. The highest BCUT2D eigenvalue weighted by molar-refractivity contribution is 7.91. The molecule has 0 aromatic heterocycles. The van der Waals surface area contributed by atoms with Crippen LogP contribution >= 0.6 is 11.6 Å². The predicted molar refractivity (Wildman–Crippen MR) is 84.1 cm³/mol. The smallest absolute Gasteiger partial charge is 0.161 e. The number of ketones is 1. The Labute approximate surface area is 129 Å². The molecule has 21 heavy (non-hydrogen) atoms. The molecule has 0 amide bonds. The first-order valence-corrected chi connectivity index (χ1v) is 8.66. The van der Waals surface area contributed by atoms with Gasteiger partial charge in [-0.15, -0.1) is 0 Å². The summed E-state index contributed by atoms with van der Waals surface area (Å²) in [5, 5.41) is 0.400. The van der Waals surface area contributed by atoms with E-state index in [9.17, 15) is 13.2 Å². The van der Waals surface area contributed by atoms with Crippen LogP contribution in [0.5, 0.6) is 0 Å². The number of benzene rings is 2. The Bertz CT molecular complexity index is 724. The summed E-state index contributed by atoms with van der Waals surface area (Å²) in [5.74, 6) is -0.992. The largest absolute Gasteiger partial charge is 0.298 e. The monoisotopic (exact) mass is 322 g/mol. The fraction of sp³-hybridized carbons (Fsp3) is 0.188. The minimum absolute atomic E-state index is 0.128. The fourth-order valence-corrected chi connectivity index (χ4v) is 3.73. The zero-order valence-corrected chi connectivity index (χ0v) is 12.9. The van der Waals surface area contributed by atoms with E-state index in [1.54, 1.807) is 36.4 Å². The normalized spacial score (nSPS) is 11.3. The Kier molecular flexibility index (Phi) is 5.15. The number of hydrogen-bond donors (Lipinski definition) is 0. The van der Waals surface area contributed by atoms with Gasteiger partial charge in [0, 0.05) is 11.4 Å². The lowest BCUT2D eigenvalue weighted by atomic mass is 10.1. The highest BCUT2D eigenvalue weighted by atomic mass is 35.5. The summed E-state index contributed by atoms with van der Waals surface area (Å²) >= 11 is 5.95. The maximum absolute atomic E-state index is 12.1. The maximum Gasteiger partial charge on any atom is 0.161 e. The molecule has 0 atom stereocenters. The van der Waals surface area contributed by atoms with Crippen LogP contribution in [0, 0.1) is 0 Å². The van der Waals surface area contributed by atoms with E-state index in [2.05, 4.69) is 0 Å². The number of sulfone groups is 1. The zero-order valence-electron chi connectivity index (χ0n) is 11.3. The van der Waals surface area contributed by atoms with Gasteiger partial charge < -0.3 is 0 Å². The second kappa shape index (κ2) is 6.87. The molecule has 0 unspecified atom stereocenters. The van der Waals surface area contributed by atoms with E-state index in [1.165, 1.54) is 0 Å². The van der Waals surface area contributed by atoms with Crippen LogP contribution in [0.1, 0.15) is 11.1 Å². The number of Topliss-reactive ketones (excluding diaryl/α,β-unsaturated/α-hetero) is 1. The number of rotatable bonds is 6. The van der Waals surface area contributed by atoms with Crippen molar-refractivity contribution in [3.8, 4) is 0 Å². The van der Waals surface area contributed by atoms with Crippen LogP contribution in [0.25, 0.3) is 0 Å². The van der Waals surface area contributed by atoms with Gasteiger partial charge in [-0.2, -0.15) is 0 Å². The van der Waals surface area contributed by atoms with E-state index in [0.717, 1.165) is 5.56 Å². The van der Waals surface area contributed by atoms with Gasteiger partial charge in [-0.1, -0.05) is 60.1 Å². The Morgan fingerprint density at radius 1 is 0.952 bits per heavy atom. The molecule has 0 fully saturated rings. The number of hydrogen-bond acceptors (Lipinski definition) is 3. The van der Waals surface area contributed by atoms with E-state index >= 15 is 0 Å². The molecule has 5 heteroatoms. The topological polar surface area (TPSA) is 51.2 Å². The summed E-state index contributed by atoms with van der Waals surface area (Å²) in [6.45, 7) is 0. The summed E-state index contributed by atoms with van der Waals surface area (Å²) in [5.41, 5.74) is 1.34. The summed E-state index contributed by atoms with van der Waals surface area (Å²) < 4.78 is 24.1. The Balaban J connectivity index is 2.01. The van der Waals surface area contributed by atoms with Gasteiger partial charge in [0.15, 0.2) is 15.6 Å². The molecule has 0 radical (unpaired) electrons. The summed E-state index contributed by atoms with van der Waals surface area (Å²) in [7, 11) is -3.51. The molecular formula is C16H15ClO3S. The third-order valence-corrected chi connectivity index (χ3v) is 4.84. The molecule has 2 aromatic rings. The van der Waals surface area contributed by atoms with Crippen molar-refractivity contribution >= 4 is 27.2 Å². The third kappa shape index (κ3) is 4.99. The van der Waals surface area contributed by atoms with E-state index < -0.39 is 15.6 Å². The molecular weight excluding hydrogens is 308 g/mol. The van der Waals surface area contributed by atoms with Gasteiger partial charge in [-0.05, 0) is 17.2 Å². The Morgan fingerprint density at radius 2 is 1.57 bits per heavy atom. The lowest BCUT2D eigenvalue weighted by molar-refractivity contribution is -0.116. The van der Waals surface area contributed by atoms with Crippen LogP contribution in [0.4, 0.5) is 0 Å². The van der Waals surface area contributed by atoms with Crippen LogP contribution in [0.2, 0.25) is 5.02 Å². The first kappa shape index (κ1) is 15.7. The first-order valence-electron chi connectivity index (χ1n) is 6.46. The van der Waals surface area contributed by atoms with Crippen molar-refractivity contribution in [3.63, 3.8) is 0 Å². The van der Waals surface area contributed by atoms with E-state index in [4.69, 9.17) is 11.6 Å². The molecule has 0 aliphatic rings. The third-order valence-electron chi connectivity index (χ3n) is 2.96. The van der Waals surface area contributed by atoms with Gasteiger partial charge in [0.1, 0.15) is 5.75 Å². The number of carbonyl (C=O) groups excluding carboxylic acids is 1. The molecule has 0 saturated carbocycles. The van der Waals surface area contributed by atoms with Crippen LogP contribution < -0.4 is 0 Å². The minimum Gasteiger partial charge on any atom is -0.298 e. The van der Waals surface area contributed by atoms with Crippen molar-refractivity contribution < 1.29 is 13.2 Å². The van der Waals surface area contributed by atoms with Gasteiger partial charge >= 0.3 is 0 Å². The van der Waals surface area contributed by atoms with Gasteiger partial charge in [-0.3, -0.25) is 4.79 Å². The molecule has 3 nitrogen and oxygen atoms in total. The van der Waals surface area contributed by atoms with Crippen molar-refractivity contribution in [1.82, 2.24) is 0 Å². The fourth-order valence-electron chi connectivity index (χ4n) is 2.02. The lowest BCUT2D eigenvalue weighted by Crippen LogP contribution is -2.19. The number of carbonyl (C=O) groups is 1. The quantitative estimate of drug-likeness (QED) is 0.821. The van der Waals surface area contributed by atoms with Crippen LogP contribution in [0.3, 0.4) is 0 Å². The summed E-state index contributed by atoms with van der Waals surface area (Å²) in [6.07, 6.45) is 0.128. The lowest BCUT2D eigenvalue weighted by Gasteiger charge is -2.06. The second-order valence-electron chi connectivity index (χ2n) is 4.82. The van der Waals surface area contributed by atoms with Crippen LogP contribution in [-0.4, -0.2) is 20.0 Å². The van der Waals surface area contributed by atoms with Gasteiger partial charge in [-0.25, -0.2) is 8.42 Å². The summed E-state index contributed by atoms with van der Waals surface area (Å²) in [6, 6.07) is 15.8. The van der Waals surface area contributed by atoms with Crippen molar-refractivity contribution in [1.29, 1.82) is 0 Å². The molecule has 2 aromatic carbocycles. The standard InChI is InChI=1S/C16H15ClO3S/c17-16-9-5-4-8-14(16)11-21(19,20)12-15(18)10-13-6-2-1-3-7-13/h1-9H,10-12H2. The molecule has 0 aliphatic heterocycles. The SMILES string of the molecule is O=C(Cc1ccccc1)CS(=O)(=O)Cc1ccccc1Cl. The summed E-state index contributed by atoms with van der Waals surface area (Å²) in [4.78, 5) is 11.9. The van der Waals surface area contributed by atoms with E-state index in [0.29, 0.717) is 10.6 Å². The Morgan fingerprint density at radius 3 is 2.24 bits per heavy atom. The molecule has 0 bridgehead atoms. The van der Waals surface area contributed by atoms with Gasteiger partial charge in [0.05, 0.1) is 5.75 Å².